The lowest BCUT2D eigenvalue weighted by molar-refractivity contribution is -0.618. The van der Waals surface area contributed by atoms with E-state index >= 15 is 0 Å². The molecule has 0 saturated heterocycles. The molecule has 0 saturated carbocycles. The molecule has 0 fully saturated rings. The summed E-state index contributed by atoms with van der Waals surface area (Å²) in [6.45, 7) is 3.79. The maximum atomic E-state index is 10.9. The van der Waals surface area contributed by atoms with Crippen LogP contribution in [-0.4, -0.2) is 0 Å². The zero-order valence-corrected chi connectivity index (χ0v) is 7.47. The van der Waals surface area contributed by atoms with Crippen molar-refractivity contribution in [3.8, 4) is 0 Å². The number of halogens is 1. The first-order chi connectivity index (χ1) is 4.61. The summed E-state index contributed by atoms with van der Waals surface area (Å²) in [5.41, 5.74) is 1.95. The van der Waals surface area contributed by atoms with Crippen LogP contribution in [0.2, 0.25) is 0 Å². The van der Waals surface area contributed by atoms with Gasteiger partial charge in [-0.3, -0.25) is 0 Å². The minimum Gasteiger partial charge on any atom is -0.618 e. The second-order valence-corrected chi connectivity index (χ2v) is 3.07. The van der Waals surface area contributed by atoms with E-state index in [0.29, 0.717) is 4.60 Å². The van der Waals surface area contributed by atoms with Gasteiger partial charge in [-0.05, 0) is 19.9 Å². The second kappa shape index (κ2) is 2.58. The molecule has 0 N–H and O–H groups in total. The smallest absolute Gasteiger partial charge is 0.262 e. The molecule has 0 aliphatic rings. The zero-order chi connectivity index (χ0) is 7.72. The van der Waals surface area contributed by atoms with Crippen LogP contribution in [0.1, 0.15) is 11.1 Å². The highest BCUT2D eigenvalue weighted by Gasteiger charge is 2.04. The van der Waals surface area contributed by atoms with Crippen molar-refractivity contribution in [1.82, 2.24) is 0 Å². The molecule has 10 heavy (non-hydrogen) atoms. The molecule has 0 aliphatic carbocycles. The third kappa shape index (κ3) is 1.29. The van der Waals surface area contributed by atoms with Crippen molar-refractivity contribution in [2.75, 3.05) is 0 Å². The SMILES string of the molecule is Cc1cc(C)c(Br)[n+]([O-])c1. The summed E-state index contributed by atoms with van der Waals surface area (Å²) in [6, 6.07) is 1.96. The normalized spacial score (nSPS) is 9.90. The molecule has 1 aromatic heterocycles. The van der Waals surface area contributed by atoms with E-state index in [2.05, 4.69) is 15.9 Å². The molecule has 1 rings (SSSR count). The van der Waals surface area contributed by atoms with Gasteiger partial charge in [0.25, 0.3) is 4.60 Å². The lowest BCUT2D eigenvalue weighted by Gasteiger charge is -2.01. The molecule has 0 radical (unpaired) electrons. The Hall–Kier alpha value is -0.570. The number of hydrogen-bond acceptors (Lipinski definition) is 1. The van der Waals surface area contributed by atoms with Crippen molar-refractivity contribution in [2.45, 2.75) is 13.8 Å². The Morgan fingerprint density at radius 1 is 1.50 bits per heavy atom. The molecule has 54 valence electrons. The number of rotatable bonds is 0. The standard InChI is InChI=1S/C7H8BrNO/c1-5-3-6(2)7(8)9(10)4-5/h3-4H,1-2H3. The van der Waals surface area contributed by atoms with Crippen LogP contribution in [0.3, 0.4) is 0 Å². The van der Waals surface area contributed by atoms with E-state index in [1.54, 1.807) is 0 Å². The molecule has 0 amide bonds. The first-order valence-electron chi connectivity index (χ1n) is 2.97. The zero-order valence-electron chi connectivity index (χ0n) is 5.89. The predicted molar refractivity (Wildman–Crippen MR) is 42.6 cm³/mol. The quantitative estimate of drug-likeness (QED) is 0.357. The van der Waals surface area contributed by atoms with Crippen molar-refractivity contribution in [3.63, 3.8) is 0 Å². The lowest BCUT2D eigenvalue weighted by Crippen LogP contribution is -2.28. The van der Waals surface area contributed by atoms with Gasteiger partial charge in [-0.2, -0.15) is 4.73 Å². The molecule has 2 nitrogen and oxygen atoms in total. The summed E-state index contributed by atoms with van der Waals surface area (Å²) < 4.78 is 1.42. The summed E-state index contributed by atoms with van der Waals surface area (Å²) in [6.07, 6.45) is 1.54. The van der Waals surface area contributed by atoms with Crippen LogP contribution in [0.5, 0.6) is 0 Å². The second-order valence-electron chi connectivity index (χ2n) is 2.32. The number of nitrogens with zero attached hydrogens (tertiary/aromatic N) is 1. The molecule has 1 heterocycles. The summed E-state index contributed by atoms with van der Waals surface area (Å²) in [5.74, 6) is 0. The molecule has 0 unspecified atom stereocenters. The number of pyridine rings is 1. The molecular formula is C7H8BrNO. The first kappa shape index (κ1) is 7.54. The van der Waals surface area contributed by atoms with Gasteiger partial charge in [-0.25, -0.2) is 0 Å². The van der Waals surface area contributed by atoms with Gasteiger partial charge in [0, 0.05) is 27.1 Å². The summed E-state index contributed by atoms with van der Waals surface area (Å²) >= 11 is 3.16. The van der Waals surface area contributed by atoms with Gasteiger partial charge in [0.15, 0.2) is 6.20 Å². The van der Waals surface area contributed by atoms with E-state index in [1.807, 2.05) is 19.9 Å². The highest BCUT2D eigenvalue weighted by Crippen LogP contribution is 2.10. The van der Waals surface area contributed by atoms with Crippen LogP contribution in [-0.2, 0) is 0 Å². The van der Waals surface area contributed by atoms with Crippen LogP contribution >= 0.6 is 15.9 Å². The average molecular weight is 202 g/mol. The lowest BCUT2D eigenvalue weighted by atomic mass is 10.2. The number of hydrogen-bond donors (Lipinski definition) is 0. The molecule has 3 heteroatoms. The third-order valence-electron chi connectivity index (χ3n) is 1.28. The highest BCUT2D eigenvalue weighted by atomic mass is 79.9. The van der Waals surface area contributed by atoms with Crippen molar-refractivity contribution < 1.29 is 4.73 Å². The maximum absolute atomic E-state index is 10.9. The van der Waals surface area contributed by atoms with Gasteiger partial charge in [-0.15, -0.1) is 0 Å². The Labute approximate surface area is 68.2 Å². The van der Waals surface area contributed by atoms with Gasteiger partial charge in [-0.1, -0.05) is 0 Å². The van der Waals surface area contributed by atoms with Gasteiger partial charge < -0.3 is 5.21 Å². The fraction of sp³-hybridized carbons (Fsp3) is 0.286. The van der Waals surface area contributed by atoms with Gasteiger partial charge >= 0.3 is 0 Å². The fourth-order valence-electron chi connectivity index (χ4n) is 0.854. The van der Waals surface area contributed by atoms with E-state index in [0.717, 1.165) is 15.9 Å². The summed E-state index contributed by atoms with van der Waals surface area (Å²) in [4.78, 5) is 0. The van der Waals surface area contributed by atoms with Crippen LogP contribution in [0, 0.1) is 19.1 Å². The van der Waals surface area contributed by atoms with Crippen molar-refractivity contribution in [1.29, 1.82) is 0 Å². The first-order valence-corrected chi connectivity index (χ1v) is 3.76. The van der Waals surface area contributed by atoms with E-state index in [1.165, 1.54) is 6.20 Å². The minimum absolute atomic E-state index is 0.595. The molecule has 0 aliphatic heterocycles. The highest BCUT2D eigenvalue weighted by molar-refractivity contribution is 9.10. The third-order valence-corrected chi connectivity index (χ3v) is 2.26. The Bertz CT molecular complexity index is 237. The number of aryl methyl sites for hydroxylation is 2. The number of aromatic nitrogens is 1. The Kier molecular flexibility index (Phi) is 1.94. The Morgan fingerprint density at radius 2 is 2.10 bits per heavy atom. The largest absolute Gasteiger partial charge is 0.618 e. The summed E-state index contributed by atoms with van der Waals surface area (Å²) in [5, 5.41) is 10.9. The van der Waals surface area contributed by atoms with E-state index in [9.17, 15) is 5.21 Å². The topological polar surface area (TPSA) is 26.9 Å². The van der Waals surface area contributed by atoms with Crippen molar-refractivity contribution in [3.05, 3.63) is 33.2 Å². The van der Waals surface area contributed by atoms with Crippen molar-refractivity contribution >= 4 is 15.9 Å². The minimum atomic E-state index is 0.595. The molecule has 0 bridgehead atoms. The van der Waals surface area contributed by atoms with Crippen LogP contribution in [0.15, 0.2) is 16.9 Å². The Balaban J connectivity index is 3.31. The molecule has 0 aromatic carbocycles. The molecule has 1 aromatic rings. The fourth-order valence-corrected chi connectivity index (χ4v) is 1.07. The molecular weight excluding hydrogens is 194 g/mol. The van der Waals surface area contributed by atoms with Gasteiger partial charge in [0.1, 0.15) is 0 Å². The van der Waals surface area contributed by atoms with E-state index in [4.69, 9.17) is 0 Å². The molecule has 0 spiro atoms. The Morgan fingerprint density at radius 3 is 2.60 bits per heavy atom. The van der Waals surface area contributed by atoms with Gasteiger partial charge in [0.05, 0.1) is 0 Å². The summed E-state index contributed by atoms with van der Waals surface area (Å²) in [7, 11) is 0. The van der Waals surface area contributed by atoms with Crippen LogP contribution in [0.4, 0.5) is 0 Å². The monoisotopic (exact) mass is 201 g/mol. The van der Waals surface area contributed by atoms with Crippen LogP contribution in [0.25, 0.3) is 0 Å². The predicted octanol–water partition coefficient (Wildman–Crippen LogP) is 1.70. The van der Waals surface area contributed by atoms with E-state index in [-0.39, 0.29) is 0 Å². The van der Waals surface area contributed by atoms with Crippen molar-refractivity contribution in [2.24, 2.45) is 0 Å². The van der Waals surface area contributed by atoms with E-state index < -0.39 is 0 Å². The molecule has 0 atom stereocenters. The average Bonchev–Trinajstić information content (AvgIpc) is 1.82. The van der Waals surface area contributed by atoms with Gasteiger partial charge in [0.2, 0.25) is 0 Å². The van der Waals surface area contributed by atoms with Crippen LogP contribution < -0.4 is 4.73 Å². The maximum Gasteiger partial charge on any atom is 0.262 e.